The summed E-state index contributed by atoms with van der Waals surface area (Å²) in [5, 5.41) is 0. The molecule has 2 aliphatic rings. The summed E-state index contributed by atoms with van der Waals surface area (Å²) < 4.78 is 44.4. The summed E-state index contributed by atoms with van der Waals surface area (Å²) in [5.41, 5.74) is 0.570. The molecule has 11 heteroatoms. The van der Waals surface area contributed by atoms with Crippen LogP contribution in [0.15, 0.2) is 10.5 Å². The number of methoxy groups -OCH3 is 2. The van der Waals surface area contributed by atoms with Crippen molar-refractivity contribution < 1.29 is 47.5 Å². The summed E-state index contributed by atoms with van der Waals surface area (Å²) in [4.78, 5) is 26.2. The third kappa shape index (κ3) is 3.65. The number of fused-ring (bicyclic) bond motifs is 2. The number of carbonyl (C=O) groups excluding carboxylic acids is 2. The maximum atomic E-state index is 13.1. The zero-order valence-electron chi connectivity index (χ0n) is 18.4. The minimum atomic E-state index is -0.672. The van der Waals surface area contributed by atoms with Crippen LogP contribution < -0.4 is 28.4 Å². The Kier molecular flexibility index (Phi) is 6.41. The summed E-state index contributed by atoms with van der Waals surface area (Å²) in [6.45, 7) is 3.38. The maximum absolute atomic E-state index is 13.1. The van der Waals surface area contributed by atoms with Crippen LogP contribution in [0.5, 0.6) is 34.5 Å². The van der Waals surface area contributed by atoms with Gasteiger partial charge in [-0.15, -0.1) is 0 Å². The van der Waals surface area contributed by atoms with Gasteiger partial charge in [-0.25, -0.2) is 9.59 Å². The van der Waals surface area contributed by atoms with Crippen molar-refractivity contribution in [3.63, 3.8) is 0 Å². The zero-order chi connectivity index (χ0) is 23.7. The van der Waals surface area contributed by atoms with Crippen molar-refractivity contribution in [3.05, 3.63) is 21.7 Å². The molecule has 0 N–H and O–H groups in total. The van der Waals surface area contributed by atoms with Gasteiger partial charge in [0.1, 0.15) is 0 Å². The molecule has 0 radical (unpaired) electrons. The van der Waals surface area contributed by atoms with Crippen molar-refractivity contribution in [1.82, 2.24) is 0 Å². The van der Waals surface area contributed by atoms with Crippen LogP contribution in [0.4, 0.5) is 0 Å². The molecule has 2 aromatic rings. The molecule has 0 bridgehead atoms. The highest BCUT2D eigenvalue weighted by Crippen LogP contribution is 2.59. The lowest BCUT2D eigenvalue weighted by molar-refractivity contribution is 0.0513. The molecule has 0 amide bonds. The van der Waals surface area contributed by atoms with Gasteiger partial charge in [-0.1, -0.05) is 0 Å². The van der Waals surface area contributed by atoms with Crippen molar-refractivity contribution >= 4 is 27.9 Å². The van der Waals surface area contributed by atoms with E-state index in [4.69, 9.17) is 37.9 Å². The third-order valence-electron chi connectivity index (χ3n) is 4.97. The first kappa shape index (κ1) is 22.8. The van der Waals surface area contributed by atoms with Crippen molar-refractivity contribution in [3.8, 4) is 45.6 Å². The Morgan fingerprint density at radius 3 is 2.03 bits per heavy atom. The number of carbonyl (C=O) groups is 2. The molecule has 10 nitrogen and oxygen atoms in total. The molecule has 0 aromatic heterocycles. The predicted molar refractivity (Wildman–Crippen MR) is 117 cm³/mol. The van der Waals surface area contributed by atoms with Gasteiger partial charge in [0.15, 0.2) is 23.0 Å². The highest BCUT2D eigenvalue weighted by atomic mass is 79.9. The van der Waals surface area contributed by atoms with Crippen LogP contribution in [0.2, 0.25) is 0 Å². The van der Waals surface area contributed by atoms with Crippen molar-refractivity contribution in [2.75, 3.05) is 41.0 Å². The Bertz CT molecular complexity index is 1130. The molecule has 176 valence electrons. The van der Waals surface area contributed by atoms with E-state index in [0.717, 1.165) is 0 Å². The first-order chi connectivity index (χ1) is 16.0. The fourth-order valence-corrected chi connectivity index (χ4v) is 4.39. The lowest BCUT2D eigenvalue weighted by Gasteiger charge is -2.20. The highest BCUT2D eigenvalue weighted by Gasteiger charge is 2.39. The Hall–Kier alpha value is -3.34. The molecule has 0 fully saturated rings. The minimum absolute atomic E-state index is 0.0614. The fraction of sp³-hybridized carbons (Fsp3) is 0.364. The van der Waals surface area contributed by atoms with Crippen LogP contribution in [-0.2, 0) is 9.47 Å². The number of hydrogen-bond donors (Lipinski definition) is 0. The largest absolute Gasteiger partial charge is 0.493 e. The Morgan fingerprint density at radius 1 is 0.848 bits per heavy atom. The Balaban J connectivity index is 2.15. The highest BCUT2D eigenvalue weighted by molar-refractivity contribution is 9.10. The summed E-state index contributed by atoms with van der Waals surface area (Å²) >= 11 is 3.44. The minimum Gasteiger partial charge on any atom is -0.493 e. The second kappa shape index (κ2) is 9.26. The van der Waals surface area contributed by atoms with Crippen LogP contribution in [0.25, 0.3) is 11.1 Å². The van der Waals surface area contributed by atoms with E-state index in [2.05, 4.69) is 15.9 Å². The van der Waals surface area contributed by atoms with E-state index in [-0.39, 0.29) is 88.0 Å². The molecule has 0 saturated heterocycles. The first-order valence-electron chi connectivity index (χ1n) is 10.0. The molecule has 33 heavy (non-hydrogen) atoms. The maximum Gasteiger partial charge on any atom is 0.340 e. The monoisotopic (exact) mass is 524 g/mol. The van der Waals surface area contributed by atoms with Gasteiger partial charge in [-0.2, -0.15) is 0 Å². The summed E-state index contributed by atoms with van der Waals surface area (Å²) in [5.74, 6) is 0.0976. The number of rotatable bonds is 7. The second-order valence-corrected chi connectivity index (χ2v) is 7.46. The molecule has 0 atom stereocenters. The molecular formula is C22H21BrO10. The van der Waals surface area contributed by atoms with Crippen molar-refractivity contribution in [1.29, 1.82) is 0 Å². The van der Waals surface area contributed by atoms with Crippen LogP contribution in [-0.4, -0.2) is 53.0 Å². The standard InChI is InChI=1S/C22H21BrO10/c1-5-28-21(24)10-7-11(26-3)16-17(31-8-30-16)12(10)13-14(22(25)29-6-2)15(23)19(27-4)20-18(13)32-9-33-20/h7H,5-6,8-9H2,1-4H3. The van der Waals surface area contributed by atoms with E-state index >= 15 is 0 Å². The zero-order valence-corrected chi connectivity index (χ0v) is 20.0. The Morgan fingerprint density at radius 2 is 1.42 bits per heavy atom. The molecule has 2 aromatic carbocycles. The van der Waals surface area contributed by atoms with Gasteiger partial charge < -0.3 is 37.9 Å². The Labute approximate surface area is 197 Å². The second-order valence-electron chi connectivity index (χ2n) is 6.67. The number of hydrogen-bond acceptors (Lipinski definition) is 10. The summed E-state index contributed by atoms with van der Waals surface area (Å²) in [6, 6.07) is 1.47. The number of benzene rings is 2. The predicted octanol–water partition coefficient (Wildman–Crippen LogP) is 3.94. The molecule has 2 heterocycles. The lowest BCUT2D eigenvalue weighted by atomic mass is 9.91. The van der Waals surface area contributed by atoms with Gasteiger partial charge in [0, 0.05) is 11.1 Å². The SMILES string of the molecule is CCOC(=O)c1cc(OC)c2c(c1-c1c3c(c(OC)c(Br)c1C(=O)OCC)OCO3)OCO2. The molecule has 0 spiro atoms. The molecule has 2 aliphatic heterocycles. The third-order valence-corrected chi connectivity index (χ3v) is 5.73. The average Bonchev–Trinajstić information content (AvgIpc) is 3.47. The molecule has 0 unspecified atom stereocenters. The quantitative estimate of drug-likeness (QED) is 0.494. The first-order valence-corrected chi connectivity index (χ1v) is 10.8. The van der Waals surface area contributed by atoms with Crippen molar-refractivity contribution in [2.24, 2.45) is 0 Å². The van der Waals surface area contributed by atoms with E-state index in [9.17, 15) is 9.59 Å². The van der Waals surface area contributed by atoms with E-state index in [0.29, 0.717) is 0 Å². The topological polar surface area (TPSA) is 108 Å². The van der Waals surface area contributed by atoms with Crippen LogP contribution in [0.3, 0.4) is 0 Å². The smallest absolute Gasteiger partial charge is 0.340 e. The van der Waals surface area contributed by atoms with Crippen LogP contribution in [0, 0.1) is 0 Å². The molecule has 4 rings (SSSR count). The molecule has 0 saturated carbocycles. The molecular weight excluding hydrogens is 504 g/mol. The van der Waals surface area contributed by atoms with Gasteiger partial charge in [0.05, 0.1) is 43.0 Å². The van der Waals surface area contributed by atoms with Gasteiger partial charge in [-0.3, -0.25) is 0 Å². The molecule has 0 aliphatic carbocycles. The van der Waals surface area contributed by atoms with E-state index < -0.39 is 11.9 Å². The van der Waals surface area contributed by atoms with Gasteiger partial charge in [-0.05, 0) is 35.8 Å². The van der Waals surface area contributed by atoms with Crippen LogP contribution >= 0.6 is 15.9 Å². The fourth-order valence-electron chi connectivity index (χ4n) is 3.69. The van der Waals surface area contributed by atoms with E-state index in [1.54, 1.807) is 13.8 Å². The van der Waals surface area contributed by atoms with Gasteiger partial charge in [0.2, 0.25) is 25.1 Å². The van der Waals surface area contributed by atoms with E-state index in [1.165, 1.54) is 20.3 Å². The van der Waals surface area contributed by atoms with Gasteiger partial charge in [0.25, 0.3) is 0 Å². The van der Waals surface area contributed by atoms with Crippen molar-refractivity contribution in [2.45, 2.75) is 13.8 Å². The lowest BCUT2D eigenvalue weighted by Crippen LogP contribution is -2.12. The van der Waals surface area contributed by atoms with Crippen LogP contribution in [0.1, 0.15) is 34.6 Å². The average molecular weight is 525 g/mol. The number of ether oxygens (including phenoxy) is 8. The number of esters is 2. The summed E-state index contributed by atoms with van der Waals surface area (Å²) in [6.07, 6.45) is 0. The normalized spacial score (nSPS) is 13.0. The summed E-state index contributed by atoms with van der Waals surface area (Å²) in [7, 11) is 2.87. The van der Waals surface area contributed by atoms with E-state index in [1.807, 2.05) is 0 Å². The van der Waals surface area contributed by atoms with Gasteiger partial charge >= 0.3 is 11.9 Å². The number of halogens is 1.